The molecule has 2 amide bonds. The lowest BCUT2D eigenvalue weighted by Gasteiger charge is -2.35. The van der Waals surface area contributed by atoms with Crippen LogP contribution in [0, 0.1) is 0 Å². The summed E-state index contributed by atoms with van der Waals surface area (Å²) in [7, 11) is 0. The predicted octanol–water partition coefficient (Wildman–Crippen LogP) is 4.24. The van der Waals surface area contributed by atoms with Gasteiger partial charge in [-0.1, -0.05) is 0 Å². The first-order valence-corrected chi connectivity index (χ1v) is 11.7. The van der Waals surface area contributed by atoms with E-state index in [1.807, 2.05) is 52.1 Å². The molecule has 32 heavy (non-hydrogen) atoms. The van der Waals surface area contributed by atoms with Crippen molar-refractivity contribution in [2.45, 2.75) is 52.9 Å². The van der Waals surface area contributed by atoms with Crippen molar-refractivity contribution in [1.29, 1.82) is 0 Å². The Morgan fingerprint density at radius 3 is 2.47 bits per heavy atom. The summed E-state index contributed by atoms with van der Waals surface area (Å²) >= 11 is 1.37. The van der Waals surface area contributed by atoms with Gasteiger partial charge in [0.25, 0.3) is 5.91 Å². The Kier molecular flexibility index (Phi) is 7.73. The molecule has 0 bridgehead atoms. The van der Waals surface area contributed by atoms with Gasteiger partial charge in [-0.3, -0.25) is 15.0 Å². The molecule has 0 unspecified atom stereocenters. The zero-order chi connectivity index (χ0) is 23.3. The Morgan fingerprint density at radius 1 is 1.16 bits per heavy atom. The number of rotatable bonds is 6. The minimum atomic E-state index is -0.499. The second-order valence-electron chi connectivity index (χ2n) is 9.07. The van der Waals surface area contributed by atoms with Gasteiger partial charge in [0.15, 0.2) is 5.13 Å². The van der Waals surface area contributed by atoms with Gasteiger partial charge in [-0.05, 0) is 58.4 Å². The summed E-state index contributed by atoms with van der Waals surface area (Å²) in [6.07, 6.45) is 1.38. The average Bonchev–Trinajstić information content (AvgIpc) is 3.19. The van der Waals surface area contributed by atoms with Crippen LogP contribution in [0.25, 0.3) is 0 Å². The Labute approximate surface area is 193 Å². The molecule has 2 heterocycles. The minimum Gasteiger partial charge on any atom is -0.491 e. The van der Waals surface area contributed by atoms with Gasteiger partial charge in [-0.15, -0.1) is 11.3 Å². The smallest absolute Gasteiger partial charge is 0.410 e. The number of anilines is 1. The number of hydrogen-bond acceptors (Lipinski definition) is 7. The summed E-state index contributed by atoms with van der Waals surface area (Å²) in [5.74, 6) is 0.444. The van der Waals surface area contributed by atoms with Crippen LogP contribution in [0.4, 0.5) is 9.93 Å². The number of amides is 2. The van der Waals surface area contributed by atoms with Gasteiger partial charge < -0.3 is 14.4 Å². The molecule has 1 aromatic heterocycles. The van der Waals surface area contributed by atoms with Gasteiger partial charge in [0.2, 0.25) is 0 Å². The fraction of sp³-hybridized carbons (Fsp3) is 0.522. The van der Waals surface area contributed by atoms with Crippen LogP contribution in [0.15, 0.2) is 29.8 Å². The molecule has 0 aliphatic carbocycles. The topological polar surface area (TPSA) is 84.0 Å². The fourth-order valence-corrected chi connectivity index (χ4v) is 3.87. The number of carbonyl (C=O) groups excluding carboxylic acids is 2. The van der Waals surface area contributed by atoms with Gasteiger partial charge in [-0.2, -0.15) is 0 Å². The lowest BCUT2D eigenvalue weighted by molar-refractivity contribution is 0.0139. The van der Waals surface area contributed by atoms with Gasteiger partial charge in [0, 0.05) is 49.9 Å². The lowest BCUT2D eigenvalue weighted by atomic mass is 10.1. The molecule has 9 heteroatoms. The number of thiazole rings is 1. The zero-order valence-electron chi connectivity index (χ0n) is 19.4. The van der Waals surface area contributed by atoms with Crippen molar-refractivity contribution < 1.29 is 19.1 Å². The third kappa shape index (κ3) is 7.20. The maximum Gasteiger partial charge on any atom is 0.410 e. The monoisotopic (exact) mass is 460 g/mol. The highest BCUT2D eigenvalue weighted by Gasteiger charge is 2.26. The molecule has 0 saturated carbocycles. The standard InChI is InChI=1S/C23H32N4O4S/c1-16(2)30-19-13-17(12-18(14-19)20(28)25-21-24-6-11-32-21)15-26-7-9-27(10-8-26)22(29)31-23(3,4)5/h6,11-14,16H,7-10,15H2,1-5H3,(H,24,25,28). The molecule has 0 atom stereocenters. The molecule has 1 aromatic carbocycles. The Bertz CT molecular complexity index is 917. The molecule has 1 N–H and O–H groups in total. The van der Waals surface area contributed by atoms with E-state index in [0.29, 0.717) is 36.1 Å². The molecule has 0 radical (unpaired) electrons. The molecule has 0 spiro atoms. The number of benzene rings is 1. The van der Waals surface area contributed by atoms with Crippen LogP contribution in [0.2, 0.25) is 0 Å². The van der Waals surface area contributed by atoms with Crippen LogP contribution >= 0.6 is 11.3 Å². The molecule has 1 aliphatic rings. The second-order valence-corrected chi connectivity index (χ2v) is 9.96. The van der Waals surface area contributed by atoms with Crippen LogP contribution in [0.5, 0.6) is 5.75 Å². The van der Waals surface area contributed by atoms with Gasteiger partial charge >= 0.3 is 6.09 Å². The molecule has 8 nitrogen and oxygen atoms in total. The molecule has 1 saturated heterocycles. The normalized spacial score (nSPS) is 15.0. The first kappa shape index (κ1) is 24.0. The number of hydrogen-bond donors (Lipinski definition) is 1. The minimum absolute atomic E-state index is 0.00232. The highest BCUT2D eigenvalue weighted by atomic mass is 32.1. The molecule has 1 fully saturated rings. The van der Waals surface area contributed by atoms with E-state index in [2.05, 4.69) is 15.2 Å². The number of piperazine rings is 1. The lowest BCUT2D eigenvalue weighted by Crippen LogP contribution is -2.49. The molecule has 3 rings (SSSR count). The Balaban J connectivity index is 1.66. The summed E-state index contributed by atoms with van der Waals surface area (Å²) < 4.78 is 11.4. The van der Waals surface area contributed by atoms with E-state index in [0.717, 1.165) is 18.7 Å². The van der Waals surface area contributed by atoms with Crippen molar-refractivity contribution in [3.8, 4) is 5.75 Å². The number of carbonyl (C=O) groups is 2. The van der Waals surface area contributed by atoms with E-state index < -0.39 is 5.60 Å². The number of aromatic nitrogens is 1. The van der Waals surface area contributed by atoms with Crippen molar-refractivity contribution in [1.82, 2.24) is 14.8 Å². The Hall–Kier alpha value is -2.65. The van der Waals surface area contributed by atoms with Crippen LogP contribution in [0.1, 0.15) is 50.5 Å². The van der Waals surface area contributed by atoms with Crippen molar-refractivity contribution in [3.05, 3.63) is 40.9 Å². The van der Waals surface area contributed by atoms with Crippen molar-refractivity contribution >= 4 is 28.5 Å². The van der Waals surface area contributed by atoms with Crippen molar-refractivity contribution in [2.24, 2.45) is 0 Å². The highest BCUT2D eigenvalue weighted by Crippen LogP contribution is 2.22. The van der Waals surface area contributed by atoms with E-state index in [1.165, 1.54) is 11.3 Å². The van der Waals surface area contributed by atoms with Crippen molar-refractivity contribution in [3.63, 3.8) is 0 Å². The van der Waals surface area contributed by atoms with Gasteiger partial charge in [-0.25, -0.2) is 9.78 Å². The van der Waals surface area contributed by atoms with Crippen LogP contribution in [0.3, 0.4) is 0 Å². The third-order valence-corrected chi connectivity index (χ3v) is 5.37. The number of nitrogens with zero attached hydrogens (tertiary/aromatic N) is 3. The van der Waals surface area contributed by atoms with E-state index in [1.54, 1.807) is 17.2 Å². The SMILES string of the molecule is CC(C)Oc1cc(CN2CCN(C(=O)OC(C)(C)C)CC2)cc(C(=O)Nc2nccs2)c1. The predicted molar refractivity (Wildman–Crippen MR) is 125 cm³/mol. The van der Waals surface area contributed by atoms with Gasteiger partial charge in [0.05, 0.1) is 6.10 Å². The van der Waals surface area contributed by atoms with Crippen LogP contribution in [-0.4, -0.2) is 64.7 Å². The first-order chi connectivity index (χ1) is 15.1. The van der Waals surface area contributed by atoms with E-state index in [-0.39, 0.29) is 18.1 Å². The molecule has 2 aromatic rings. The number of nitrogens with one attached hydrogen (secondary N) is 1. The third-order valence-electron chi connectivity index (χ3n) is 4.68. The van der Waals surface area contributed by atoms with Gasteiger partial charge in [0.1, 0.15) is 11.4 Å². The second kappa shape index (κ2) is 10.3. The van der Waals surface area contributed by atoms with Crippen molar-refractivity contribution in [2.75, 3.05) is 31.5 Å². The quantitative estimate of drug-likeness (QED) is 0.694. The molecule has 174 valence electrons. The average molecular weight is 461 g/mol. The largest absolute Gasteiger partial charge is 0.491 e. The zero-order valence-corrected chi connectivity index (χ0v) is 20.2. The number of ether oxygens (including phenoxy) is 2. The first-order valence-electron chi connectivity index (χ1n) is 10.8. The fourth-order valence-electron chi connectivity index (χ4n) is 3.35. The molecular formula is C23H32N4O4S. The maximum atomic E-state index is 12.8. The molecule has 1 aliphatic heterocycles. The summed E-state index contributed by atoms with van der Waals surface area (Å²) in [5, 5.41) is 5.20. The van der Waals surface area contributed by atoms with E-state index in [4.69, 9.17) is 9.47 Å². The van der Waals surface area contributed by atoms with E-state index in [9.17, 15) is 9.59 Å². The summed E-state index contributed by atoms with van der Waals surface area (Å²) in [6.45, 7) is 12.9. The van der Waals surface area contributed by atoms with Crippen LogP contribution in [-0.2, 0) is 11.3 Å². The molecular weight excluding hydrogens is 428 g/mol. The highest BCUT2D eigenvalue weighted by molar-refractivity contribution is 7.13. The van der Waals surface area contributed by atoms with Crippen LogP contribution < -0.4 is 10.1 Å². The summed E-state index contributed by atoms with van der Waals surface area (Å²) in [6, 6.07) is 5.61. The maximum absolute atomic E-state index is 12.8. The van der Waals surface area contributed by atoms with E-state index >= 15 is 0 Å². The Morgan fingerprint density at radius 2 is 1.88 bits per heavy atom. The summed E-state index contributed by atoms with van der Waals surface area (Å²) in [5.41, 5.74) is 1.01. The summed E-state index contributed by atoms with van der Waals surface area (Å²) in [4.78, 5) is 33.2.